The Hall–Kier alpha value is -2.44. The summed E-state index contributed by atoms with van der Waals surface area (Å²) in [5, 5.41) is 6.37. The molecule has 0 fully saturated rings. The highest BCUT2D eigenvalue weighted by atomic mass is 19.1. The average molecular weight is 280 g/mol. The van der Waals surface area contributed by atoms with E-state index in [9.17, 15) is 13.6 Å². The number of anilines is 1. The number of aromatic nitrogens is 2. The van der Waals surface area contributed by atoms with Gasteiger partial charge in [-0.1, -0.05) is 6.07 Å². The Morgan fingerprint density at radius 1 is 1.45 bits per heavy atom. The molecule has 0 bridgehead atoms. The summed E-state index contributed by atoms with van der Waals surface area (Å²) >= 11 is 0. The van der Waals surface area contributed by atoms with E-state index in [1.54, 1.807) is 0 Å². The lowest BCUT2D eigenvalue weighted by Gasteiger charge is -2.15. The van der Waals surface area contributed by atoms with E-state index in [2.05, 4.69) is 10.4 Å². The van der Waals surface area contributed by atoms with Crippen LogP contribution in [0.15, 0.2) is 30.6 Å². The van der Waals surface area contributed by atoms with E-state index in [0.717, 1.165) is 12.1 Å². The molecule has 1 unspecified atom stereocenters. The molecule has 0 aliphatic carbocycles. The molecule has 5 nitrogen and oxygen atoms in total. The highest BCUT2D eigenvalue weighted by Crippen LogP contribution is 2.20. The van der Waals surface area contributed by atoms with Crippen molar-refractivity contribution in [1.29, 1.82) is 0 Å². The number of benzene rings is 1. The Labute approximate surface area is 114 Å². The summed E-state index contributed by atoms with van der Waals surface area (Å²) < 4.78 is 28.5. The highest BCUT2D eigenvalue weighted by Gasteiger charge is 2.18. The molecule has 1 amide bonds. The van der Waals surface area contributed by atoms with Crippen molar-refractivity contribution in [2.75, 3.05) is 5.73 Å². The quantitative estimate of drug-likeness (QED) is 0.894. The number of hydrogen-bond donors (Lipinski definition) is 2. The minimum atomic E-state index is -0.781. The molecule has 0 radical (unpaired) electrons. The molecule has 0 spiro atoms. The zero-order chi connectivity index (χ0) is 14.7. The Balaban J connectivity index is 2.04. The highest BCUT2D eigenvalue weighted by molar-refractivity contribution is 5.76. The van der Waals surface area contributed by atoms with Crippen molar-refractivity contribution in [3.8, 4) is 0 Å². The van der Waals surface area contributed by atoms with Crippen molar-refractivity contribution in [2.24, 2.45) is 0 Å². The van der Waals surface area contributed by atoms with Crippen molar-refractivity contribution >= 4 is 11.6 Å². The molecule has 7 heteroatoms. The second-order valence-corrected chi connectivity index (χ2v) is 4.40. The zero-order valence-corrected chi connectivity index (χ0v) is 10.8. The maximum atomic E-state index is 13.6. The molecule has 2 rings (SSSR count). The molecule has 0 aliphatic heterocycles. The summed E-state index contributed by atoms with van der Waals surface area (Å²) in [5.41, 5.74) is 5.74. The summed E-state index contributed by atoms with van der Waals surface area (Å²) in [7, 11) is 0. The van der Waals surface area contributed by atoms with Gasteiger partial charge in [0.25, 0.3) is 0 Å². The summed E-state index contributed by atoms with van der Waals surface area (Å²) in [6.07, 6.45) is 2.90. The van der Waals surface area contributed by atoms with Gasteiger partial charge in [0.15, 0.2) is 0 Å². The minimum absolute atomic E-state index is 0.0718. The van der Waals surface area contributed by atoms with Gasteiger partial charge in [-0.15, -0.1) is 0 Å². The molecule has 0 aliphatic rings. The van der Waals surface area contributed by atoms with Gasteiger partial charge in [-0.25, -0.2) is 8.78 Å². The molecule has 20 heavy (non-hydrogen) atoms. The topological polar surface area (TPSA) is 72.9 Å². The molecule has 3 N–H and O–H groups in total. The normalized spacial score (nSPS) is 12.2. The number of nitrogens with zero attached hydrogens (tertiary/aromatic N) is 2. The van der Waals surface area contributed by atoms with Crippen LogP contribution in [0.1, 0.15) is 18.5 Å². The second-order valence-electron chi connectivity index (χ2n) is 4.40. The first kappa shape index (κ1) is 14.0. The first-order chi connectivity index (χ1) is 9.47. The number of amides is 1. The lowest BCUT2D eigenvalue weighted by atomic mass is 10.1. The number of hydrogen-bond acceptors (Lipinski definition) is 3. The van der Waals surface area contributed by atoms with Crippen molar-refractivity contribution in [3.05, 3.63) is 47.8 Å². The third-order valence-electron chi connectivity index (χ3n) is 2.77. The molecule has 1 atom stereocenters. The van der Waals surface area contributed by atoms with Crippen LogP contribution >= 0.6 is 0 Å². The van der Waals surface area contributed by atoms with Gasteiger partial charge in [-0.05, 0) is 19.1 Å². The smallest absolute Gasteiger partial charge is 0.242 e. The van der Waals surface area contributed by atoms with E-state index >= 15 is 0 Å². The largest absolute Gasteiger partial charge is 0.396 e. The van der Waals surface area contributed by atoms with Gasteiger partial charge in [-0.2, -0.15) is 5.10 Å². The molecule has 106 valence electrons. The van der Waals surface area contributed by atoms with E-state index in [1.807, 2.05) is 0 Å². The van der Waals surface area contributed by atoms with Crippen LogP contribution in [0, 0.1) is 11.6 Å². The zero-order valence-electron chi connectivity index (χ0n) is 10.8. The van der Waals surface area contributed by atoms with Crippen LogP contribution in [0.5, 0.6) is 0 Å². The minimum Gasteiger partial charge on any atom is -0.396 e. The molecule has 1 heterocycles. The summed E-state index contributed by atoms with van der Waals surface area (Å²) in [6, 6.07) is 2.79. The van der Waals surface area contributed by atoms with Gasteiger partial charge in [0.1, 0.15) is 18.2 Å². The van der Waals surface area contributed by atoms with E-state index < -0.39 is 23.6 Å². The summed E-state index contributed by atoms with van der Waals surface area (Å²) in [6.45, 7) is 1.44. The molecular weight excluding hydrogens is 266 g/mol. The standard InChI is InChI=1S/C13H14F2N4O/c1-8(13-10(14)3-2-4-11(13)15)18-12(20)7-19-6-9(16)5-17-19/h2-6,8H,7,16H2,1H3,(H,18,20). The monoisotopic (exact) mass is 280 g/mol. The van der Waals surface area contributed by atoms with Gasteiger partial charge >= 0.3 is 0 Å². The molecule has 1 aromatic heterocycles. The number of nitrogens with one attached hydrogen (secondary N) is 1. The van der Waals surface area contributed by atoms with E-state index in [4.69, 9.17) is 5.73 Å². The molecule has 1 aromatic carbocycles. The van der Waals surface area contributed by atoms with E-state index in [1.165, 1.54) is 30.1 Å². The summed E-state index contributed by atoms with van der Waals surface area (Å²) in [4.78, 5) is 11.8. The number of carbonyl (C=O) groups excluding carboxylic acids is 1. The van der Waals surface area contributed by atoms with Crippen molar-refractivity contribution < 1.29 is 13.6 Å². The maximum absolute atomic E-state index is 13.6. The van der Waals surface area contributed by atoms with Crippen LogP contribution in [0.4, 0.5) is 14.5 Å². The Bertz CT molecular complexity index is 606. The van der Waals surface area contributed by atoms with Crippen molar-refractivity contribution in [2.45, 2.75) is 19.5 Å². The van der Waals surface area contributed by atoms with E-state index in [-0.39, 0.29) is 12.1 Å². The molecule has 2 aromatic rings. The van der Waals surface area contributed by atoms with Crippen LogP contribution in [-0.2, 0) is 11.3 Å². The third kappa shape index (κ3) is 3.11. The SMILES string of the molecule is CC(NC(=O)Cn1cc(N)cn1)c1c(F)cccc1F. The number of carbonyl (C=O) groups is 1. The predicted octanol–water partition coefficient (Wildman–Crippen LogP) is 1.62. The second kappa shape index (κ2) is 5.68. The van der Waals surface area contributed by atoms with Crippen LogP contribution in [0.25, 0.3) is 0 Å². The molecule has 0 saturated carbocycles. The number of nitrogens with two attached hydrogens (primary N) is 1. The van der Waals surface area contributed by atoms with Gasteiger partial charge in [0.2, 0.25) is 5.91 Å². The summed E-state index contributed by atoms with van der Waals surface area (Å²) in [5.74, 6) is -1.80. The fraction of sp³-hybridized carbons (Fsp3) is 0.231. The van der Waals surface area contributed by atoms with Crippen molar-refractivity contribution in [1.82, 2.24) is 15.1 Å². The lowest BCUT2D eigenvalue weighted by molar-refractivity contribution is -0.122. The van der Waals surface area contributed by atoms with Crippen LogP contribution < -0.4 is 11.1 Å². The first-order valence-electron chi connectivity index (χ1n) is 5.98. The maximum Gasteiger partial charge on any atom is 0.242 e. The molecular formula is C13H14F2N4O. The Morgan fingerprint density at radius 3 is 2.65 bits per heavy atom. The number of rotatable bonds is 4. The van der Waals surface area contributed by atoms with Crippen molar-refractivity contribution in [3.63, 3.8) is 0 Å². The Kier molecular flexibility index (Phi) is 3.97. The Morgan fingerprint density at radius 2 is 2.10 bits per heavy atom. The fourth-order valence-corrected chi connectivity index (χ4v) is 1.90. The third-order valence-corrected chi connectivity index (χ3v) is 2.77. The van der Waals surface area contributed by atoms with Crippen LogP contribution in [-0.4, -0.2) is 15.7 Å². The lowest BCUT2D eigenvalue weighted by Crippen LogP contribution is -2.31. The fourth-order valence-electron chi connectivity index (χ4n) is 1.90. The van der Waals surface area contributed by atoms with E-state index in [0.29, 0.717) is 5.69 Å². The van der Waals surface area contributed by atoms with Crippen LogP contribution in [0.3, 0.4) is 0 Å². The van der Waals surface area contributed by atoms with Gasteiger partial charge in [0, 0.05) is 11.8 Å². The van der Waals surface area contributed by atoms with Gasteiger partial charge < -0.3 is 11.1 Å². The average Bonchev–Trinajstić information content (AvgIpc) is 2.74. The first-order valence-corrected chi connectivity index (χ1v) is 5.98. The van der Waals surface area contributed by atoms with Gasteiger partial charge in [0.05, 0.1) is 17.9 Å². The number of nitrogen functional groups attached to an aromatic ring is 1. The predicted molar refractivity (Wildman–Crippen MR) is 69.6 cm³/mol. The van der Waals surface area contributed by atoms with Gasteiger partial charge in [-0.3, -0.25) is 9.48 Å². The van der Waals surface area contributed by atoms with Crippen LogP contribution in [0.2, 0.25) is 0 Å². The number of halogens is 2. The molecule has 0 saturated heterocycles.